The zero-order valence-corrected chi connectivity index (χ0v) is 15.8. The van der Waals surface area contributed by atoms with Crippen molar-refractivity contribution in [3.8, 4) is 0 Å². The fourth-order valence-electron chi connectivity index (χ4n) is 4.31. The molecule has 0 saturated heterocycles. The van der Waals surface area contributed by atoms with Crippen LogP contribution in [0.1, 0.15) is 50.5 Å². The predicted molar refractivity (Wildman–Crippen MR) is 113 cm³/mol. The van der Waals surface area contributed by atoms with E-state index in [2.05, 4.69) is 60.7 Å². The molecule has 1 atom stereocenters. The van der Waals surface area contributed by atoms with E-state index < -0.39 is 0 Å². The van der Waals surface area contributed by atoms with Crippen molar-refractivity contribution in [2.24, 2.45) is 15.9 Å². The van der Waals surface area contributed by atoms with Gasteiger partial charge in [-0.2, -0.15) is 0 Å². The summed E-state index contributed by atoms with van der Waals surface area (Å²) in [5, 5.41) is 0. The Labute approximate surface area is 161 Å². The van der Waals surface area contributed by atoms with Crippen molar-refractivity contribution >= 4 is 11.5 Å². The molecular formula is C25H26N2. The number of hydrogen-bond acceptors (Lipinski definition) is 2. The van der Waals surface area contributed by atoms with Gasteiger partial charge in [-0.25, -0.2) is 4.99 Å². The maximum Gasteiger partial charge on any atom is 0.155 e. The molecule has 1 unspecified atom stereocenters. The van der Waals surface area contributed by atoms with Crippen LogP contribution in [0, 0.1) is 5.92 Å². The molecule has 5 rings (SSSR count). The lowest BCUT2D eigenvalue weighted by Crippen LogP contribution is -2.25. The van der Waals surface area contributed by atoms with Crippen molar-refractivity contribution in [1.82, 2.24) is 0 Å². The molecule has 27 heavy (non-hydrogen) atoms. The Kier molecular flexibility index (Phi) is 4.49. The summed E-state index contributed by atoms with van der Waals surface area (Å²) in [6.07, 6.45) is 19.7. The Morgan fingerprint density at radius 2 is 1.74 bits per heavy atom. The standard InChI is InChI=1S/C25H26N2/c1-3-7-20(8-4-1)23-17-24(21-15-13-19(14-16-21)18-11-12-18)27-25(26-23)22-9-5-2-6-10-22/h1-3,5-7,9-10,13,15,18,23H,4,8,11-12,14,16-17H2. The highest BCUT2D eigenvalue weighted by Gasteiger charge is 2.29. The van der Waals surface area contributed by atoms with E-state index in [0.717, 1.165) is 43.0 Å². The highest BCUT2D eigenvalue weighted by atomic mass is 15.0. The lowest BCUT2D eigenvalue weighted by molar-refractivity contribution is 0.734. The van der Waals surface area contributed by atoms with Crippen LogP contribution in [0.4, 0.5) is 0 Å². The number of amidine groups is 1. The van der Waals surface area contributed by atoms with Gasteiger partial charge in [0, 0.05) is 17.7 Å². The molecule has 4 aliphatic rings. The fourth-order valence-corrected chi connectivity index (χ4v) is 4.31. The third kappa shape index (κ3) is 3.66. The SMILES string of the molecule is C1=CCCC(C2CC(C3=CC=C(C4CC4)CC3)=NC(c3ccccc3)=N2)=C1. The van der Waals surface area contributed by atoms with E-state index in [1.54, 1.807) is 5.57 Å². The van der Waals surface area contributed by atoms with Crippen LogP contribution in [-0.2, 0) is 0 Å². The Bertz CT molecular complexity index is 905. The summed E-state index contributed by atoms with van der Waals surface area (Å²) in [5.41, 5.74) is 6.89. The molecule has 3 aliphatic carbocycles. The van der Waals surface area contributed by atoms with Gasteiger partial charge in [-0.1, -0.05) is 66.3 Å². The smallest absolute Gasteiger partial charge is 0.155 e. The Morgan fingerprint density at radius 3 is 2.44 bits per heavy atom. The molecule has 1 aromatic rings. The molecule has 1 aliphatic heterocycles. The summed E-state index contributed by atoms with van der Waals surface area (Å²) in [6, 6.07) is 10.7. The summed E-state index contributed by atoms with van der Waals surface area (Å²) < 4.78 is 0. The van der Waals surface area contributed by atoms with Crippen LogP contribution in [-0.4, -0.2) is 17.6 Å². The molecule has 1 fully saturated rings. The van der Waals surface area contributed by atoms with Crippen molar-refractivity contribution in [3.05, 3.63) is 83.0 Å². The lowest BCUT2D eigenvalue weighted by Gasteiger charge is -2.26. The number of aliphatic imine (C=N–C) groups is 2. The van der Waals surface area contributed by atoms with E-state index in [9.17, 15) is 0 Å². The van der Waals surface area contributed by atoms with Gasteiger partial charge in [0.2, 0.25) is 0 Å². The average molecular weight is 354 g/mol. The molecule has 0 spiro atoms. The normalized spacial score (nSPS) is 25.2. The molecule has 1 saturated carbocycles. The maximum absolute atomic E-state index is 5.06. The Balaban J connectivity index is 1.49. The van der Waals surface area contributed by atoms with Gasteiger partial charge < -0.3 is 0 Å². The summed E-state index contributed by atoms with van der Waals surface area (Å²) >= 11 is 0. The van der Waals surface area contributed by atoms with Gasteiger partial charge in [0.25, 0.3) is 0 Å². The summed E-state index contributed by atoms with van der Waals surface area (Å²) in [6.45, 7) is 0. The van der Waals surface area contributed by atoms with Crippen LogP contribution in [0.5, 0.6) is 0 Å². The summed E-state index contributed by atoms with van der Waals surface area (Å²) in [4.78, 5) is 10.1. The van der Waals surface area contributed by atoms with Gasteiger partial charge in [0.05, 0.1) is 6.04 Å². The predicted octanol–water partition coefficient (Wildman–Crippen LogP) is 5.98. The van der Waals surface area contributed by atoms with Crippen molar-refractivity contribution in [2.75, 3.05) is 0 Å². The van der Waals surface area contributed by atoms with Crippen LogP contribution in [0.15, 0.2) is 87.4 Å². The first-order valence-corrected chi connectivity index (χ1v) is 10.3. The second kappa shape index (κ2) is 7.26. The van der Waals surface area contributed by atoms with Crippen molar-refractivity contribution in [2.45, 2.75) is 51.0 Å². The highest BCUT2D eigenvalue weighted by Crippen LogP contribution is 2.41. The van der Waals surface area contributed by atoms with Crippen molar-refractivity contribution < 1.29 is 0 Å². The molecule has 1 heterocycles. The van der Waals surface area contributed by atoms with E-state index >= 15 is 0 Å². The molecule has 2 heteroatoms. The van der Waals surface area contributed by atoms with Gasteiger partial charge in [-0.15, -0.1) is 0 Å². The molecule has 0 radical (unpaired) electrons. The van der Waals surface area contributed by atoms with E-state index in [-0.39, 0.29) is 6.04 Å². The Hall–Kier alpha value is -2.48. The van der Waals surface area contributed by atoms with Crippen LogP contribution in [0.2, 0.25) is 0 Å². The van der Waals surface area contributed by atoms with Gasteiger partial charge in [-0.05, 0) is 55.6 Å². The fraction of sp³-hybridized carbons (Fsp3) is 0.360. The third-order valence-corrected chi connectivity index (χ3v) is 6.07. The zero-order valence-electron chi connectivity index (χ0n) is 15.8. The molecule has 0 N–H and O–H groups in total. The minimum Gasteiger partial charge on any atom is -0.258 e. The minimum absolute atomic E-state index is 0.229. The molecular weight excluding hydrogens is 328 g/mol. The van der Waals surface area contributed by atoms with Gasteiger partial charge in [0.15, 0.2) is 5.84 Å². The van der Waals surface area contributed by atoms with Crippen molar-refractivity contribution in [1.29, 1.82) is 0 Å². The average Bonchev–Trinajstić information content (AvgIpc) is 3.60. The molecule has 136 valence electrons. The summed E-state index contributed by atoms with van der Waals surface area (Å²) in [7, 11) is 0. The van der Waals surface area contributed by atoms with E-state index in [4.69, 9.17) is 9.98 Å². The molecule has 0 bridgehead atoms. The van der Waals surface area contributed by atoms with Gasteiger partial charge in [-0.3, -0.25) is 4.99 Å². The number of hydrogen-bond donors (Lipinski definition) is 0. The van der Waals surface area contributed by atoms with Crippen LogP contribution < -0.4 is 0 Å². The van der Waals surface area contributed by atoms with Gasteiger partial charge >= 0.3 is 0 Å². The summed E-state index contributed by atoms with van der Waals surface area (Å²) in [5.74, 6) is 1.78. The topological polar surface area (TPSA) is 24.7 Å². The van der Waals surface area contributed by atoms with Crippen LogP contribution in [0.3, 0.4) is 0 Å². The maximum atomic E-state index is 5.06. The number of nitrogens with zero attached hydrogens (tertiary/aromatic N) is 2. The second-order valence-electron chi connectivity index (χ2n) is 8.01. The Morgan fingerprint density at radius 1 is 0.852 bits per heavy atom. The van der Waals surface area contributed by atoms with E-state index in [1.165, 1.54) is 36.1 Å². The minimum atomic E-state index is 0.229. The first-order chi connectivity index (χ1) is 13.4. The third-order valence-electron chi connectivity index (χ3n) is 6.07. The quantitative estimate of drug-likeness (QED) is 0.635. The van der Waals surface area contributed by atoms with Crippen LogP contribution >= 0.6 is 0 Å². The number of rotatable bonds is 4. The molecule has 1 aromatic carbocycles. The van der Waals surface area contributed by atoms with E-state index in [1.807, 2.05) is 0 Å². The molecule has 0 amide bonds. The first kappa shape index (κ1) is 16.7. The first-order valence-electron chi connectivity index (χ1n) is 10.3. The number of benzene rings is 1. The molecule has 0 aromatic heterocycles. The number of allylic oxidation sites excluding steroid dienone is 7. The van der Waals surface area contributed by atoms with Gasteiger partial charge in [0.1, 0.15) is 0 Å². The lowest BCUT2D eigenvalue weighted by atomic mass is 9.87. The largest absolute Gasteiger partial charge is 0.258 e. The van der Waals surface area contributed by atoms with Crippen LogP contribution in [0.25, 0.3) is 0 Å². The molecule has 2 nitrogen and oxygen atoms in total. The van der Waals surface area contributed by atoms with E-state index in [0.29, 0.717) is 0 Å². The monoisotopic (exact) mass is 354 g/mol. The zero-order chi connectivity index (χ0) is 18.1. The second-order valence-corrected chi connectivity index (χ2v) is 8.01. The highest BCUT2D eigenvalue weighted by molar-refractivity contribution is 6.14. The van der Waals surface area contributed by atoms with Crippen molar-refractivity contribution in [3.63, 3.8) is 0 Å².